The van der Waals surface area contributed by atoms with Crippen molar-refractivity contribution in [1.29, 1.82) is 0 Å². The number of fused-ring (bicyclic) bond motifs is 1. The standard InChI is InChI=1S/C21H37N5O2/c1-7-8-9-11-16-23-17(15-14-25(6)12-10-13-26(15)16)19(27)24-18(20(28)22-5)21(2,3)4/h18H,7-14H2,1-6H3,(H,22,28)(H,24,27)/t18-/m1/s1. The van der Waals surface area contributed by atoms with E-state index in [9.17, 15) is 9.59 Å². The minimum Gasteiger partial charge on any atom is -0.357 e. The SMILES string of the molecule is CCCCCc1nc(C(=O)N[C@H](C(=O)NC)C(C)(C)C)c2n1CCCN(C)C2. The number of carbonyl (C=O) groups is 2. The van der Waals surface area contributed by atoms with Crippen LogP contribution in [0.1, 0.15) is 75.4 Å². The summed E-state index contributed by atoms with van der Waals surface area (Å²) in [4.78, 5) is 32.5. The van der Waals surface area contributed by atoms with Crippen molar-refractivity contribution in [3.8, 4) is 0 Å². The molecular weight excluding hydrogens is 354 g/mol. The summed E-state index contributed by atoms with van der Waals surface area (Å²) in [5.41, 5.74) is 1.04. The van der Waals surface area contributed by atoms with E-state index in [2.05, 4.69) is 34.1 Å². The van der Waals surface area contributed by atoms with Crippen molar-refractivity contribution < 1.29 is 9.59 Å². The number of rotatable bonds is 7. The monoisotopic (exact) mass is 391 g/mol. The van der Waals surface area contributed by atoms with E-state index in [1.807, 2.05) is 20.8 Å². The van der Waals surface area contributed by atoms with E-state index in [0.29, 0.717) is 12.2 Å². The molecule has 0 saturated carbocycles. The van der Waals surface area contributed by atoms with Crippen molar-refractivity contribution in [2.75, 3.05) is 20.6 Å². The maximum absolute atomic E-state index is 13.2. The Morgan fingerprint density at radius 3 is 2.54 bits per heavy atom. The van der Waals surface area contributed by atoms with Crippen molar-refractivity contribution in [1.82, 2.24) is 25.1 Å². The van der Waals surface area contributed by atoms with Gasteiger partial charge in [-0.3, -0.25) is 9.59 Å². The summed E-state index contributed by atoms with van der Waals surface area (Å²) in [5.74, 6) is 0.548. The molecule has 1 aromatic rings. The summed E-state index contributed by atoms with van der Waals surface area (Å²) >= 11 is 0. The lowest BCUT2D eigenvalue weighted by atomic mass is 9.86. The highest BCUT2D eigenvalue weighted by Crippen LogP contribution is 2.23. The van der Waals surface area contributed by atoms with Crippen LogP contribution in [0, 0.1) is 5.41 Å². The molecule has 0 bridgehead atoms. The van der Waals surface area contributed by atoms with Gasteiger partial charge >= 0.3 is 0 Å². The molecule has 2 amide bonds. The fourth-order valence-electron chi connectivity index (χ4n) is 3.72. The predicted molar refractivity (Wildman–Crippen MR) is 111 cm³/mol. The van der Waals surface area contributed by atoms with Gasteiger partial charge in [-0.25, -0.2) is 4.98 Å². The van der Waals surface area contributed by atoms with Crippen LogP contribution in [0.3, 0.4) is 0 Å². The van der Waals surface area contributed by atoms with Gasteiger partial charge in [0.1, 0.15) is 11.9 Å². The van der Waals surface area contributed by atoms with E-state index in [1.165, 1.54) is 0 Å². The Labute approximate surface area is 169 Å². The first-order valence-corrected chi connectivity index (χ1v) is 10.5. The van der Waals surface area contributed by atoms with Crippen molar-refractivity contribution in [2.24, 2.45) is 5.41 Å². The van der Waals surface area contributed by atoms with Crippen LogP contribution >= 0.6 is 0 Å². The van der Waals surface area contributed by atoms with Crippen LogP contribution in [-0.4, -0.2) is 52.9 Å². The quantitative estimate of drug-likeness (QED) is 0.699. The number of nitrogens with zero attached hydrogens (tertiary/aromatic N) is 3. The van der Waals surface area contributed by atoms with Crippen LogP contribution in [0.25, 0.3) is 0 Å². The molecule has 2 heterocycles. The normalized spacial score (nSPS) is 16.2. The zero-order valence-corrected chi connectivity index (χ0v) is 18.4. The first-order chi connectivity index (χ1) is 13.2. The fraction of sp³-hybridized carbons (Fsp3) is 0.762. The maximum atomic E-state index is 13.2. The lowest BCUT2D eigenvalue weighted by Crippen LogP contribution is -2.53. The molecule has 1 atom stereocenters. The Hall–Kier alpha value is -1.89. The van der Waals surface area contributed by atoms with Gasteiger partial charge in [-0.2, -0.15) is 0 Å². The van der Waals surface area contributed by atoms with E-state index in [4.69, 9.17) is 4.98 Å². The van der Waals surface area contributed by atoms with Gasteiger partial charge in [-0.15, -0.1) is 0 Å². The molecule has 1 aliphatic rings. The van der Waals surface area contributed by atoms with Crippen molar-refractivity contribution in [3.05, 3.63) is 17.2 Å². The maximum Gasteiger partial charge on any atom is 0.272 e. The van der Waals surface area contributed by atoms with Crippen LogP contribution in [0.5, 0.6) is 0 Å². The molecule has 0 fully saturated rings. The summed E-state index contributed by atoms with van der Waals surface area (Å²) in [6.45, 7) is 10.6. The van der Waals surface area contributed by atoms with Gasteiger partial charge in [0.15, 0.2) is 5.69 Å². The van der Waals surface area contributed by atoms with Gasteiger partial charge < -0.3 is 20.1 Å². The number of imidazole rings is 1. The van der Waals surface area contributed by atoms with E-state index in [0.717, 1.165) is 56.7 Å². The highest BCUT2D eigenvalue weighted by atomic mass is 16.2. The van der Waals surface area contributed by atoms with Crippen LogP contribution in [0.15, 0.2) is 0 Å². The number of hydrogen-bond donors (Lipinski definition) is 2. The Balaban J connectivity index is 2.34. The van der Waals surface area contributed by atoms with Gasteiger partial charge in [-0.05, 0) is 31.8 Å². The highest BCUT2D eigenvalue weighted by molar-refractivity contribution is 5.97. The second kappa shape index (κ2) is 9.54. The number of likely N-dealkylation sites (N-methyl/N-ethyl adjacent to an activating group) is 1. The number of amides is 2. The van der Waals surface area contributed by atoms with Crippen LogP contribution in [-0.2, 0) is 24.3 Å². The van der Waals surface area contributed by atoms with E-state index in [1.54, 1.807) is 7.05 Å². The molecule has 1 aromatic heterocycles. The first kappa shape index (κ1) is 22.4. The summed E-state index contributed by atoms with van der Waals surface area (Å²) in [5, 5.41) is 5.60. The van der Waals surface area contributed by atoms with Gasteiger partial charge in [0.05, 0.1) is 5.69 Å². The third-order valence-electron chi connectivity index (χ3n) is 5.36. The third kappa shape index (κ3) is 5.34. The number of aromatic nitrogens is 2. The average Bonchev–Trinajstić information content (AvgIpc) is 2.83. The van der Waals surface area contributed by atoms with Crippen LogP contribution in [0.4, 0.5) is 0 Å². The second-order valence-corrected chi connectivity index (χ2v) is 8.91. The van der Waals surface area contributed by atoms with Crippen molar-refractivity contribution >= 4 is 11.8 Å². The zero-order chi connectivity index (χ0) is 20.9. The average molecular weight is 392 g/mol. The fourth-order valence-corrected chi connectivity index (χ4v) is 3.72. The van der Waals surface area contributed by atoms with E-state index >= 15 is 0 Å². The Kier molecular flexibility index (Phi) is 7.63. The Morgan fingerprint density at radius 1 is 1.21 bits per heavy atom. The lowest BCUT2D eigenvalue weighted by Gasteiger charge is -2.29. The molecular formula is C21H37N5O2. The highest BCUT2D eigenvalue weighted by Gasteiger charge is 2.34. The molecule has 158 valence electrons. The first-order valence-electron chi connectivity index (χ1n) is 10.5. The van der Waals surface area contributed by atoms with Crippen LogP contribution < -0.4 is 10.6 Å². The molecule has 7 heteroatoms. The van der Waals surface area contributed by atoms with Gasteiger partial charge in [0.25, 0.3) is 5.91 Å². The molecule has 1 aliphatic heterocycles. The Bertz CT molecular complexity index is 690. The lowest BCUT2D eigenvalue weighted by molar-refractivity contribution is -0.124. The molecule has 28 heavy (non-hydrogen) atoms. The predicted octanol–water partition coefficient (Wildman–Crippen LogP) is 2.34. The number of carbonyl (C=O) groups excluding carboxylic acids is 2. The molecule has 7 nitrogen and oxygen atoms in total. The third-order valence-corrected chi connectivity index (χ3v) is 5.36. The minimum absolute atomic E-state index is 0.188. The largest absolute Gasteiger partial charge is 0.357 e. The molecule has 0 unspecified atom stereocenters. The van der Waals surface area contributed by atoms with Gasteiger partial charge in [0, 0.05) is 26.6 Å². The topological polar surface area (TPSA) is 79.3 Å². The number of unbranched alkanes of at least 4 members (excludes halogenated alkanes) is 2. The number of nitrogens with one attached hydrogen (secondary N) is 2. The summed E-state index contributed by atoms with van der Waals surface area (Å²) in [6.07, 6.45) is 5.32. The molecule has 0 saturated heterocycles. The van der Waals surface area contributed by atoms with Crippen molar-refractivity contribution in [3.63, 3.8) is 0 Å². The smallest absolute Gasteiger partial charge is 0.272 e. The molecule has 0 spiro atoms. The summed E-state index contributed by atoms with van der Waals surface area (Å²) in [7, 11) is 3.67. The number of aryl methyl sites for hydroxylation is 1. The van der Waals surface area contributed by atoms with E-state index < -0.39 is 11.5 Å². The Morgan fingerprint density at radius 2 is 1.93 bits per heavy atom. The van der Waals surface area contributed by atoms with Gasteiger partial charge in [-0.1, -0.05) is 40.5 Å². The minimum atomic E-state index is -0.616. The molecule has 0 radical (unpaired) electrons. The summed E-state index contributed by atoms with van der Waals surface area (Å²) in [6, 6.07) is -0.616. The zero-order valence-electron chi connectivity index (χ0n) is 18.4. The molecule has 0 aliphatic carbocycles. The molecule has 2 rings (SSSR count). The van der Waals surface area contributed by atoms with Crippen molar-refractivity contribution in [2.45, 2.75) is 78.9 Å². The molecule has 0 aromatic carbocycles. The van der Waals surface area contributed by atoms with E-state index in [-0.39, 0.29) is 11.8 Å². The summed E-state index contributed by atoms with van der Waals surface area (Å²) < 4.78 is 2.24. The van der Waals surface area contributed by atoms with Crippen LogP contribution in [0.2, 0.25) is 0 Å². The number of hydrogen-bond acceptors (Lipinski definition) is 4. The second-order valence-electron chi connectivity index (χ2n) is 8.91. The van der Waals surface area contributed by atoms with Gasteiger partial charge in [0.2, 0.25) is 5.91 Å². The molecule has 2 N–H and O–H groups in total.